The molecule has 0 aliphatic carbocycles. The second-order valence-electron chi connectivity index (χ2n) is 4.95. The first kappa shape index (κ1) is 17.0. The van der Waals surface area contributed by atoms with E-state index >= 15 is 0 Å². The number of benzene rings is 1. The fourth-order valence-corrected chi connectivity index (χ4v) is 2.11. The summed E-state index contributed by atoms with van der Waals surface area (Å²) in [5.74, 6) is -3.45. The van der Waals surface area contributed by atoms with E-state index in [0.717, 1.165) is 6.07 Å². The van der Waals surface area contributed by atoms with Crippen molar-refractivity contribution in [2.75, 3.05) is 0 Å². The molecule has 4 nitrogen and oxygen atoms in total. The molecule has 3 rings (SSSR count). The number of hydrogen-bond acceptors (Lipinski definition) is 4. The number of ether oxygens (including phenoxy) is 2. The second-order valence-corrected chi connectivity index (χ2v) is 5.34. The maximum absolute atomic E-state index is 14.2. The van der Waals surface area contributed by atoms with Crippen molar-refractivity contribution in [1.29, 1.82) is 0 Å². The van der Waals surface area contributed by atoms with Crippen molar-refractivity contribution < 1.29 is 22.6 Å². The minimum Gasteiger partial charge on any atom is -0.436 e. The van der Waals surface area contributed by atoms with Crippen molar-refractivity contribution in [3.8, 4) is 23.3 Å². The second kappa shape index (κ2) is 6.98. The predicted octanol–water partition coefficient (Wildman–Crippen LogP) is 5.44. The van der Waals surface area contributed by atoms with Gasteiger partial charge in [0.15, 0.2) is 11.6 Å². The molecule has 0 atom stereocenters. The summed E-state index contributed by atoms with van der Waals surface area (Å²) in [6, 6.07) is 7.81. The smallest absolute Gasteiger partial charge is 0.259 e. The molecule has 0 spiro atoms. The molecule has 0 saturated carbocycles. The van der Waals surface area contributed by atoms with Gasteiger partial charge in [-0.15, -0.1) is 0 Å². The first-order chi connectivity index (χ1) is 11.9. The van der Waals surface area contributed by atoms with E-state index in [-0.39, 0.29) is 22.2 Å². The lowest BCUT2D eigenvalue weighted by Gasteiger charge is -2.12. The highest BCUT2D eigenvalue weighted by molar-refractivity contribution is 6.29. The highest BCUT2D eigenvalue weighted by Crippen LogP contribution is 2.33. The quantitative estimate of drug-likeness (QED) is 0.577. The van der Waals surface area contributed by atoms with Crippen LogP contribution in [0.4, 0.5) is 13.2 Å². The van der Waals surface area contributed by atoms with Crippen molar-refractivity contribution in [1.82, 2.24) is 9.97 Å². The molecule has 0 aliphatic heterocycles. The zero-order valence-electron chi connectivity index (χ0n) is 12.8. The molecule has 0 bridgehead atoms. The molecule has 2 aromatic heterocycles. The van der Waals surface area contributed by atoms with Gasteiger partial charge in [0, 0.05) is 23.9 Å². The Morgan fingerprint density at radius 3 is 2.16 bits per heavy atom. The molecule has 0 unspecified atom stereocenters. The molecule has 1 aromatic carbocycles. The van der Waals surface area contributed by atoms with E-state index in [9.17, 15) is 13.2 Å². The molecule has 2 heterocycles. The lowest BCUT2D eigenvalue weighted by molar-refractivity contribution is 0.372. The first-order valence-corrected chi connectivity index (χ1v) is 7.40. The van der Waals surface area contributed by atoms with Gasteiger partial charge in [-0.2, -0.15) is 4.98 Å². The molecule has 0 aliphatic rings. The Morgan fingerprint density at radius 2 is 1.56 bits per heavy atom. The van der Waals surface area contributed by atoms with Crippen molar-refractivity contribution >= 4 is 11.6 Å². The largest absolute Gasteiger partial charge is 0.436 e. The fourth-order valence-electron chi connectivity index (χ4n) is 1.94. The molecule has 0 amide bonds. The van der Waals surface area contributed by atoms with E-state index in [1.807, 2.05) is 0 Å². The average Bonchev–Trinajstić information content (AvgIpc) is 2.57. The molecule has 3 aromatic rings. The van der Waals surface area contributed by atoms with Gasteiger partial charge in [0.05, 0.1) is 0 Å². The Labute approximate surface area is 145 Å². The number of halogens is 4. The van der Waals surface area contributed by atoms with Crippen LogP contribution in [-0.4, -0.2) is 9.97 Å². The van der Waals surface area contributed by atoms with Gasteiger partial charge in [0.1, 0.15) is 22.5 Å². The van der Waals surface area contributed by atoms with Crippen LogP contribution in [0.2, 0.25) is 5.15 Å². The van der Waals surface area contributed by atoms with Crippen molar-refractivity contribution in [2.24, 2.45) is 0 Å². The molecule has 25 heavy (non-hydrogen) atoms. The molecule has 0 fully saturated rings. The van der Waals surface area contributed by atoms with Gasteiger partial charge in [0.25, 0.3) is 11.8 Å². The van der Waals surface area contributed by atoms with Crippen LogP contribution in [0.3, 0.4) is 0 Å². The van der Waals surface area contributed by atoms with E-state index in [4.69, 9.17) is 21.1 Å². The monoisotopic (exact) mass is 366 g/mol. The van der Waals surface area contributed by atoms with Crippen LogP contribution in [-0.2, 0) is 0 Å². The van der Waals surface area contributed by atoms with Crippen molar-refractivity contribution in [2.45, 2.75) is 6.92 Å². The Kier molecular flexibility index (Phi) is 4.76. The molecule has 0 radical (unpaired) electrons. The Balaban J connectivity index is 1.98. The van der Waals surface area contributed by atoms with Crippen molar-refractivity contribution in [3.05, 3.63) is 70.8 Å². The van der Waals surface area contributed by atoms with Gasteiger partial charge in [-0.3, -0.25) is 0 Å². The van der Waals surface area contributed by atoms with Gasteiger partial charge in [0.2, 0.25) is 0 Å². The summed E-state index contributed by atoms with van der Waals surface area (Å²) in [5, 5.41) is 0.132. The number of nitrogens with zero attached hydrogens (tertiary/aromatic N) is 2. The molecule has 0 N–H and O–H groups in total. The summed E-state index contributed by atoms with van der Waals surface area (Å²) in [7, 11) is 0. The Bertz CT molecular complexity index is 866. The van der Waals surface area contributed by atoms with E-state index in [1.165, 1.54) is 43.5 Å². The lowest BCUT2D eigenvalue weighted by Crippen LogP contribution is -2.02. The highest BCUT2D eigenvalue weighted by Gasteiger charge is 2.21. The average molecular weight is 367 g/mol. The third kappa shape index (κ3) is 3.83. The number of rotatable bonds is 4. The summed E-state index contributed by atoms with van der Waals surface area (Å²) < 4.78 is 52.2. The SMILES string of the molecule is Cc1c(F)c(Oc2cccc(F)c2)nc(Oc2ccnc(Cl)c2)c1F. The molecular formula is C17H10ClF3N2O2. The summed E-state index contributed by atoms with van der Waals surface area (Å²) in [6.45, 7) is 1.21. The maximum Gasteiger partial charge on any atom is 0.259 e. The lowest BCUT2D eigenvalue weighted by atomic mass is 10.2. The van der Waals surface area contributed by atoms with Gasteiger partial charge in [-0.25, -0.2) is 18.2 Å². The van der Waals surface area contributed by atoms with Crippen molar-refractivity contribution in [3.63, 3.8) is 0 Å². The first-order valence-electron chi connectivity index (χ1n) is 7.02. The zero-order chi connectivity index (χ0) is 18.0. The zero-order valence-corrected chi connectivity index (χ0v) is 13.5. The van der Waals surface area contributed by atoms with Gasteiger partial charge < -0.3 is 9.47 Å². The number of aromatic nitrogens is 2. The van der Waals surface area contributed by atoms with Crippen LogP contribution in [0.15, 0.2) is 42.6 Å². The van der Waals surface area contributed by atoms with Gasteiger partial charge in [-0.1, -0.05) is 17.7 Å². The third-order valence-corrected chi connectivity index (χ3v) is 3.37. The molecule has 0 saturated heterocycles. The number of pyridine rings is 2. The molecule has 128 valence electrons. The third-order valence-electron chi connectivity index (χ3n) is 3.16. The van der Waals surface area contributed by atoms with Crippen LogP contribution in [0.25, 0.3) is 0 Å². The summed E-state index contributed by atoms with van der Waals surface area (Å²) in [4.78, 5) is 7.47. The number of hydrogen-bond donors (Lipinski definition) is 0. The highest BCUT2D eigenvalue weighted by atomic mass is 35.5. The van der Waals surface area contributed by atoms with Crippen LogP contribution in [0.5, 0.6) is 23.3 Å². The van der Waals surface area contributed by atoms with Crippen LogP contribution >= 0.6 is 11.6 Å². The van der Waals surface area contributed by atoms with Gasteiger partial charge in [-0.05, 0) is 25.1 Å². The van der Waals surface area contributed by atoms with Crippen LogP contribution in [0, 0.1) is 24.4 Å². The summed E-state index contributed by atoms with van der Waals surface area (Å²) in [5.41, 5.74) is -0.350. The minimum absolute atomic E-state index is 0.00955. The van der Waals surface area contributed by atoms with E-state index in [2.05, 4.69) is 9.97 Å². The van der Waals surface area contributed by atoms with E-state index in [0.29, 0.717) is 0 Å². The summed E-state index contributed by atoms with van der Waals surface area (Å²) >= 11 is 5.74. The summed E-state index contributed by atoms with van der Waals surface area (Å²) in [6.07, 6.45) is 1.36. The predicted molar refractivity (Wildman–Crippen MR) is 84.7 cm³/mol. The Hall–Kier alpha value is -2.80. The minimum atomic E-state index is -1.01. The molecular weight excluding hydrogens is 357 g/mol. The van der Waals surface area contributed by atoms with E-state index in [1.54, 1.807) is 0 Å². The normalized spacial score (nSPS) is 10.6. The topological polar surface area (TPSA) is 44.2 Å². The standard InChI is InChI=1S/C17H10ClF3N2O2/c1-9-14(20)16(24-11-4-2-3-10(19)7-11)23-17(15(9)21)25-12-5-6-22-13(18)8-12/h2-8H,1H3. The molecule has 8 heteroatoms. The Morgan fingerprint density at radius 1 is 0.920 bits per heavy atom. The maximum atomic E-state index is 14.2. The van der Waals surface area contributed by atoms with Crippen LogP contribution in [0.1, 0.15) is 5.56 Å². The fraction of sp³-hybridized carbons (Fsp3) is 0.0588. The van der Waals surface area contributed by atoms with E-state index < -0.39 is 29.2 Å². The van der Waals surface area contributed by atoms with Crippen LogP contribution < -0.4 is 9.47 Å². The van der Waals surface area contributed by atoms with Gasteiger partial charge >= 0.3 is 0 Å².